The molecule has 0 atom stereocenters. The van der Waals surface area contributed by atoms with Gasteiger partial charge in [0.15, 0.2) is 0 Å². The Morgan fingerprint density at radius 3 is 2.75 bits per heavy atom. The molecule has 0 spiro atoms. The number of hydrogen-bond donors (Lipinski definition) is 1. The molecule has 0 amide bonds. The van der Waals surface area contributed by atoms with Crippen LogP contribution in [-0.2, 0) is 0 Å². The average Bonchev–Trinajstić information content (AvgIpc) is 2.03. The van der Waals surface area contributed by atoms with Gasteiger partial charge >= 0.3 is 0 Å². The van der Waals surface area contributed by atoms with Crippen molar-refractivity contribution in [3.05, 3.63) is 23.4 Å². The average molecular weight is 163 g/mol. The molecule has 1 aromatic heterocycles. The van der Waals surface area contributed by atoms with Gasteiger partial charge in [0.2, 0.25) is 0 Å². The van der Waals surface area contributed by atoms with Crippen molar-refractivity contribution in [2.45, 2.75) is 13.8 Å². The van der Waals surface area contributed by atoms with E-state index in [2.05, 4.69) is 9.98 Å². The van der Waals surface area contributed by atoms with E-state index < -0.39 is 0 Å². The van der Waals surface area contributed by atoms with Crippen LogP contribution in [0.2, 0.25) is 0 Å². The van der Waals surface area contributed by atoms with Gasteiger partial charge in [-0.15, -0.1) is 0 Å². The zero-order chi connectivity index (χ0) is 9.14. The summed E-state index contributed by atoms with van der Waals surface area (Å²) < 4.78 is 0. The molecule has 2 N–H and O–H groups in total. The molecule has 0 bridgehead atoms. The fourth-order valence-corrected chi connectivity index (χ4v) is 1.16. The van der Waals surface area contributed by atoms with E-state index in [4.69, 9.17) is 5.73 Å². The van der Waals surface area contributed by atoms with Crippen LogP contribution in [0, 0.1) is 6.92 Å². The van der Waals surface area contributed by atoms with Crippen molar-refractivity contribution in [1.82, 2.24) is 4.98 Å². The number of hydrogen-bond acceptors (Lipinski definition) is 3. The highest BCUT2D eigenvalue weighted by Gasteiger charge is 2.05. The van der Waals surface area contributed by atoms with E-state index in [9.17, 15) is 0 Å². The summed E-state index contributed by atoms with van der Waals surface area (Å²) in [4.78, 5) is 8.08. The van der Waals surface area contributed by atoms with Crippen molar-refractivity contribution in [1.29, 1.82) is 0 Å². The fraction of sp³-hybridized carbons (Fsp3) is 0.333. The third-order valence-corrected chi connectivity index (χ3v) is 1.89. The first-order valence-corrected chi connectivity index (χ1v) is 3.81. The van der Waals surface area contributed by atoms with Crippen LogP contribution in [0.3, 0.4) is 0 Å². The molecule has 1 heterocycles. The lowest BCUT2D eigenvalue weighted by Crippen LogP contribution is -2.05. The van der Waals surface area contributed by atoms with Gasteiger partial charge in [0.05, 0.1) is 0 Å². The Balaban J connectivity index is 3.31. The number of rotatable bonds is 1. The summed E-state index contributed by atoms with van der Waals surface area (Å²) in [6.07, 6.45) is 1.71. The molecule has 0 unspecified atom stereocenters. The molecule has 0 saturated carbocycles. The lowest BCUT2D eigenvalue weighted by atomic mass is 10.1. The second-order valence-electron chi connectivity index (χ2n) is 2.70. The van der Waals surface area contributed by atoms with Crippen molar-refractivity contribution in [2.75, 3.05) is 12.8 Å². The second kappa shape index (κ2) is 3.34. The summed E-state index contributed by atoms with van der Waals surface area (Å²) in [7, 11) is 1.75. The molecule has 0 aliphatic rings. The van der Waals surface area contributed by atoms with Crippen molar-refractivity contribution >= 4 is 11.5 Å². The number of aliphatic imine (C=N–C) groups is 1. The molecule has 1 rings (SSSR count). The normalized spacial score (nSPS) is 11.8. The maximum absolute atomic E-state index is 5.71. The van der Waals surface area contributed by atoms with E-state index in [1.807, 2.05) is 19.9 Å². The van der Waals surface area contributed by atoms with Gasteiger partial charge in [0.25, 0.3) is 0 Å². The molecule has 0 saturated heterocycles. The maximum atomic E-state index is 5.71. The number of nitrogens with zero attached hydrogens (tertiary/aromatic N) is 2. The summed E-state index contributed by atoms with van der Waals surface area (Å²) in [6, 6.07) is 1.93. The molecule has 3 heteroatoms. The van der Waals surface area contributed by atoms with Gasteiger partial charge in [-0.1, -0.05) is 0 Å². The quantitative estimate of drug-likeness (QED) is 0.636. The van der Waals surface area contributed by atoms with Crippen molar-refractivity contribution in [3.63, 3.8) is 0 Å². The zero-order valence-corrected chi connectivity index (χ0v) is 7.63. The molecule has 0 fully saturated rings. The lowest BCUT2D eigenvalue weighted by Gasteiger charge is -2.06. The number of aromatic nitrogens is 1. The zero-order valence-electron chi connectivity index (χ0n) is 7.63. The Hall–Kier alpha value is -1.38. The summed E-state index contributed by atoms with van der Waals surface area (Å²) in [5, 5.41) is 0. The standard InChI is InChI=1S/C9H13N3/c1-6-4-5-12-9(10)8(6)7(2)11-3/h4-5H,1-3H3,(H2,10,12). The van der Waals surface area contributed by atoms with E-state index in [1.165, 1.54) is 0 Å². The number of aryl methyl sites for hydroxylation is 1. The maximum Gasteiger partial charge on any atom is 0.132 e. The monoisotopic (exact) mass is 163 g/mol. The van der Waals surface area contributed by atoms with Crippen LogP contribution in [0.5, 0.6) is 0 Å². The Labute approximate surface area is 72.3 Å². The molecule has 0 aromatic carbocycles. The van der Waals surface area contributed by atoms with Crippen LogP contribution < -0.4 is 5.73 Å². The van der Waals surface area contributed by atoms with Gasteiger partial charge in [0, 0.05) is 24.5 Å². The van der Waals surface area contributed by atoms with Gasteiger partial charge in [0.1, 0.15) is 5.82 Å². The van der Waals surface area contributed by atoms with E-state index in [1.54, 1.807) is 13.2 Å². The fourth-order valence-electron chi connectivity index (χ4n) is 1.16. The second-order valence-corrected chi connectivity index (χ2v) is 2.70. The molecule has 0 aliphatic carbocycles. The Kier molecular flexibility index (Phi) is 2.43. The van der Waals surface area contributed by atoms with Crippen molar-refractivity contribution in [2.24, 2.45) is 4.99 Å². The smallest absolute Gasteiger partial charge is 0.132 e. The summed E-state index contributed by atoms with van der Waals surface area (Å²) in [5.41, 5.74) is 8.71. The van der Waals surface area contributed by atoms with E-state index in [0.717, 1.165) is 16.8 Å². The van der Waals surface area contributed by atoms with E-state index >= 15 is 0 Å². The number of pyridine rings is 1. The first-order chi connectivity index (χ1) is 5.66. The van der Waals surface area contributed by atoms with Crippen molar-refractivity contribution in [3.8, 4) is 0 Å². The highest BCUT2D eigenvalue weighted by Crippen LogP contribution is 2.13. The van der Waals surface area contributed by atoms with Crippen LogP contribution in [0.15, 0.2) is 17.3 Å². The van der Waals surface area contributed by atoms with Gasteiger partial charge in [-0.3, -0.25) is 4.99 Å². The SMILES string of the molecule is CN=C(C)c1c(C)ccnc1N. The molecular weight excluding hydrogens is 150 g/mol. The van der Waals surface area contributed by atoms with E-state index in [0.29, 0.717) is 5.82 Å². The molecule has 1 aromatic rings. The first-order valence-electron chi connectivity index (χ1n) is 3.81. The van der Waals surface area contributed by atoms with Crippen LogP contribution >= 0.6 is 0 Å². The Morgan fingerprint density at radius 1 is 1.58 bits per heavy atom. The number of nitrogens with two attached hydrogens (primary N) is 1. The van der Waals surface area contributed by atoms with Gasteiger partial charge in [-0.05, 0) is 25.5 Å². The summed E-state index contributed by atoms with van der Waals surface area (Å²) in [5.74, 6) is 0.554. The van der Waals surface area contributed by atoms with Gasteiger partial charge in [-0.2, -0.15) is 0 Å². The largest absolute Gasteiger partial charge is 0.383 e. The third kappa shape index (κ3) is 1.44. The molecule has 0 radical (unpaired) electrons. The molecule has 12 heavy (non-hydrogen) atoms. The number of nitrogen functional groups attached to an aromatic ring is 1. The highest BCUT2D eigenvalue weighted by atomic mass is 14.8. The summed E-state index contributed by atoms with van der Waals surface area (Å²) >= 11 is 0. The minimum atomic E-state index is 0.554. The van der Waals surface area contributed by atoms with Crippen molar-refractivity contribution < 1.29 is 0 Å². The van der Waals surface area contributed by atoms with Gasteiger partial charge < -0.3 is 5.73 Å². The van der Waals surface area contributed by atoms with Crippen LogP contribution in [0.1, 0.15) is 18.1 Å². The first kappa shape index (κ1) is 8.71. The minimum absolute atomic E-state index is 0.554. The Bertz CT molecular complexity index is 295. The van der Waals surface area contributed by atoms with Crippen LogP contribution in [0.25, 0.3) is 0 Å². The predicted molar refractivity (Wildman–Crippen MR) is 51.5 cm³/mol. The molecular formula is C9H13N3. The minimum Gasteiger partial charge on any atom is -0.383 e. The van der Waals surface area contributed by atoms with E-state index in [-0.39, 0.29) is 0 Å². The molecule has 64 valence electrons. The Morgan fingerprint density at radius 2 is 2.25 bits per heavy atom. The highest BCUT2D eigenvalue weighted by molar-refractivity contribution is 6.03. The molecule has 0 aliphatic heterocycles. The molecule has 3 nitrogen and oxygen atoms in total. The van der Waals surface area contributed by atoms with Gasteiger partial charge in [-0.25, -0.2) is 4.98 Å². The summed E-state index contributed by atoms with van der Waals surface area (Å²) in [6.45, 7) is 3.93. The number of anilines is 1. The van der Waals surface area contributed by atoms with Crippen LogP contribution in [0.4, 0.5) is 5.82 Å². The predicted octanol–water partition coefficient (Wildman–Crippen LogP) is 1.41. The topological polar surface area (TPSA) is 51.3 Å². The third-order valence-electron chi connectivity index (χ3n) is 1.89. The van der Waals surface area contributed by atoms with Crippen LogP contribution in [-0.4, -0.2) is 17.7 Å². The lowest BCUT2D eigenvalue weighted by molar-refractivity contribution is 1.26.